The van der Waals surface area contributed by atoms with Gasteiger partial charge < -0.3 is 20.4 Å². The third kappa shape index (κ3) is 5.38. The molecule has 0 spiro atoms. The number of hydrogen-bond acceptors (Lipinski definition) is 8. The Hall–Kier alpha value is -3.00. The number of nitrogens with zero attached hydrogens (tertiary/aromatic N) is 4. The number of rotatable bonds is 6. The molecule has 0 fully saturated rings. The standard InChI is InChI=1S/C22H22N4O4.Zn/c1-13-21(29)17(15(11-27)7-23-13)9-25-19-5-3-4-6-20(19)26-10-18-16(12-28)8-24-14(2)22(18)30;/h3-10,27-30H,11-12H2,1-2H3;. The molecule has 0 aliphatic rings. The number of aliphatic hydroxyl groups is 2. The van der Waals surface area contributed by atoms with Crippen LogP contribution in [-0.4, -0.2) is 42.8 Å². The Morgan fingerprint density at radius 3 is 1.52 bits per heavy atom. The molecule has 31 heavy (non-hydrogen) atoms. The SMILES string of the molecule is Cc1ncc(CO)c(C=Nc2ccccc2N=Cc2c(CO)cnc(C)c2O)c1O.[Zn]. The summed E-state index contributed by atoms with van der Waals surface area (Å²) >= 11 is 0. The molecule has 0 bridgehead atoms. The zero-order valence-corrected chi connectivity index (χ0v) is 20.3. The number of benzene rings is 1. The molecule has 8 nitrogen and oxygen atoms in total. The summed E-state index contributed by atoms with van der Waals surface area (Å²) in [6.45, 7) is 2.75. The maximum absolute atomic E-state index is 10.3. The molecule has 0 saturated heterocycles. The van der Waals surface area contributed by atoms with Crippen molar-refractivity contribution in [3.63, 3.8) is 0 Å². The van der Waals surface area contributed by atoms with Crippen LogP contribution in [-0.2, 0) is 32.7 Å². The van der Waals surface area contributed by atoms with E-state index < -0.39 is 0 Å². The van der Waals surface area contributed by atoms with Crippen LogP contribution in [0.25, 0.3) is 0 Å². The molecule has 2 aromatic heterocycles. The Labute approximate surface area is 192 Å². The molecule has 0 atom stereocenters. The van der Waals surface area contributed by atoms with Gasteiger partial charge >= 0.3 is 0 Å². The molecule has 9 heteroatoms. The van der Waals surface area contributed by atoms with Gasteiger partial charge in [0.05, 0.1) is 36.0 Å². The van der Waals surface area contributed by atoms with Gasteiger partial charge in [-0.05, 0) is 26.0 Å². The Balaban J connectivity index is 0.00000341. The number of aliphatic imine (C=N–C) groups is 2. The summed E-state index contributed by atoms with van der Waals surface area (Å²) in [5, 5.41) is 39.6. The maximum atomic E-state index is 10.3. The van der Waals surface area contributed by atoms with E-state index in [0.717, 1.165) is 0 Å². The van der Waals surface area contributed by atoms with Crippen LogP contribution in [0.4, 0.5) is 11.4 Å². The molecule has 0 radical (unpaired) electrons. The van der Waals surface area contributed by atoms with Crippen LogP contribution in [0.5, 0.6) is 11.5 Å². The quantitative estimate of drug-likeness (QED) is 0.323. The van der Waals surface area contributed by atoms with Gasteiger partial charge in [-0.25, -0.2) is 0 Å². The third-order valence-corrected chi connectivity index (χ3v) is 4.60. The minimum Gasteiger partial charge on any atom is -0.505 e. The molecule has 0 amide bonds. The van der Waals surface area contributed by atoms with Gasteiger partial charge in [0, 0.05) is 66.6 Å². The average Bonchev–Trinajstić information content (AvgIpc) is 2.76. The summed E-state index contributed by atoms with van der Waals surface area (Å²) in [6.07, 6.45) is 5.89. The zero-order chi connectivity index (χ0) is 21.7. The summed E-state index contributed by atoms with van der Waals surface area (Å²) in [4.78, 5) is 16.9. The smallest absolute Gasteiger partial charge is 0.145 e. The molecule has 156 valence electrons. The van der Waals surface area contributed by atoms with Crippen molar-refractivity contribution in [2.45, 2.75) is 27.1 Å². The summed E-state index contributed by atoms with van der Waals surface area (Å²) in [5.74, 6) is -0.0906. The van der Waals surface area contributed by atoms with Crippen LogP contribution in [0.15, 0.2) is 46.6 Å². The van der Waals surface area contributed by atoms with Crippen LogP contribution >= 0.6 is 0 Å². The van der Waals surface area contributed by atoms with Crippen molar-refractivity contribution in [2.75, 3.05) is 0 Å². The number of hydrogen-bond donors (Lipinski definition) is 4. The molecule has 3 aromatic rings. The number of aryl methyl sites for hydroxylation is 2. The van der Waals surface area contributed by atoms with Gasteiger partial charge in [0.2, 0.25) is 0 Å². The summed E-state index contributed by atoms with van der Waals surface area (Å²) < 4.78 is 0. The van der Waals surface area contributed by atoms with Crippen LogP contribution in [0.2, 0.25) is 0 Å². The predicted molar refractivity (Wildman–Crippen MR) is 114 cm³/mol. The van der Waals surface area contributed by atoms with Gasteiger partial charge in [-0.1, -0.05) is 12.1 Å². The van der Waals surface area contributed by atoms with E-state index in [4.69, 9.17) is 0 Å². The predicted octanol–water partition coefficient (Wildman–Crippen LogP) is 2.99. The first-order chi connectivity index (χ1) is 14.5. The maximum Gasteiger partial charge on any atom is 0.145 e. The second kappa shape index (κ2) is 10.9. The van der Waals surface area contributed by atoms with E-state index in [-0.39, 0.29) is 44.2 Å². The first kappa shape index (κ1) is 24.3. The van der Waals surface area contributed by atoms with Crippen LogP contribution < -0.4 is 0 Å². The van der Waals surface area contributed by atoms with E-state index in [1.165, 1.54) is 24.8 Å². The van der Waals surface area contributed by atoms with Gasteiger partial charge in [0.15, 0.2) is 0 Å². The Bertz CT molecular complexity index is 1040. The summed E-state index contributed by atoms with van der Waals surface area (Å²) in [6, 6.07) is 7.09. The van der Waals surface area contributed by atoms with Gasteiger partial charge in [0.25, 0.3) is 0 Å². The fraction of sp³-hybridized carbons (Fsp3) is 0.182. The van der Waals surface area contributed by atoms with E-state index in [2.05, 4.69) is 20.0 Å². The Morgan fingerprint density at radius 1 is 0.774 bits per heavy atom. The van der Waals surface area contributed by atoms with E-state index in [1.807, 2.05) is 0 Å². The molecule has 0 saturated carbocycles. The largest absolute Gasteiger partial charge is 0.505 e. The molecule has 4 N–H and O–H groups in total. The molecule has 2 heterocycles. The van der Waals surface area contributed by atoms with Crippen molar-refractivity contribution in [3.8, 4) is 11.5 Å². The fourth-order valence-electron chi connectivity index (χ4n) is 2.80. The van der Waals surface area contributed by atoms with Gasteiger partial charge in [-0.2, -0.15) is 0 Å². The number of pyridine rings is 2. The van der Waals surface area contributed by atoms with Crippen molar-refractivity contribution in [1.82, 2.24) is 9.97 Å². The van der Waals surface area contributed by atoms with E-state index in [1.54, 1.807) is 38.1 Å². The van der Waals surface area contributed by atoms with E-state index in [0.29, 0.717) is 45.0 Å². The normalized spacial score (nSPS) is 11.2. The van der Waals surface area contributed by atoms with Crippen molar-refractivity contribution < 1.29 is 39.9 Å². The molecule has 0 aliphatic carbocycles. The minimum absolute atomic E-state index is 0. The zero-order valence-electron chi connectivity index (χ0n) is 17.3. The fourth-order valence-corrected chi connectivity index (χ4v) is 2.80. The van der Waals surface area contributed by atoms with Crippen molar-refractivity contribution >= 4 is 23.8 Å². The van der Waals surface area contributed by atoms with Gasteiger partial charge in [-0.3, -0.25) is 20.0 Å². The molecular weight excluding hydrogens is 450 g/mol. The minimum atomic E-state index is -0.285. The van der Waals surface area contributed by atoms with Crippen molar-refractivity contribution in [3.05, 3.63) is 70.3 Å². The van der Waals surface area contributed by atoms with Crippen LogP contribution in [0.1, 0.15) is 33.6 Å². The van der Waals surface area contributed by atoms with Gasteiger partial charge in [-0.15, -0.1) is 0 Å². The van der Waals surface area contributed by atoms with E-state index in [9.17, 15) is 20.4 Å². The average molecular weight is 472 g/mol. The number of aromatic hydroxyl groups is 2. The second-order valence-corrected chi connectivity index (χ2v) is 6.58. The molecule has 3 rings (SSSR count). The first-order valence-electron chi connectivity index (χ1n) is 9.20. The second-order valence-electron chi connectivity index (χ2n) is 6.58. The number of aliphatic hydroxyl groups excluding tert-OH is 2. The summed E-state index contributed by atoms with van der Waals surface area (Å²) in [7, 11) is 0. The summed E-state index contributed by atoms with van der Waals surface area (Å²) in [5.41, 5.74) is 3.56. The molecular formula is C22H22N4O4Zn. The van der Waals surface area contributed by atoms with Crippen molar-refractivity contribution in [2.24, 2.45) is 9.98 Å². The van der Waals surface area contributed by atoms with Crippen LogP contribution in [0, 0.1) is 13.8 Å². The third-order valence-electron chi connectivity index (χ3n) is 4.60. The monoisotopic (exact) mass is 470 g/mol. The van der Waals surface area contributed by atoms with E-state index >= 15 is 0 Å². The first-order valence-corrected chi connectivity index (χ1v) is 9.20. The molecule has 1 aromatic carbocycles. The molecule has 0 aliphatic heterocycles. The number of aromatic nitrogens is 2. The Kier molecular flexibility index (Phi) is 8.50. The Morgan fingerprint density at radius 2 is 1.16 bits per heavy atom. The van der Waals surface area contributed by atoms with Crippen LogP contribution in [0.3, 0.4) is 0 Å². The molecule has 0 unspecified atom stereocenters. The van der Waals surface area contributed by atoms with Gasteiger partial charge in [0.1, 0.15) is 11.5 Å². The number of para-hydroxylation sites is 2. The van der Waals surface area contributed by atoms with Crippen molar-refractivity contribution in [1.29, 1.82) is 0 Å². The topological polar surface area (TPSA) is 131 Å².